The highest BCUT2D eigenvalue weighted by atomic mass is 35.5. The summed E-state index contributed by atoms with van der Waals surface area (Å²) in [5, 5.41) is 7.83. The molecule has 0 saturated heterocycles. The average molecular weight is 326 g/mol. The van der Waals surface area contributed by atoms with Crippen LogP contribution in [0.15, 0.2) is 67.0 Å². The summed E-state index contributed by atoms with van der Waals surface area (Å²) in [4.78, 5) is 12.3. The lowest BCUT2D eigenvalue weighted by molar-refractivity contribution is 0.0940. The van der Waals surface area contributed by atoms with Crippen molar-refractivity contribution in [1.29, 1.82) is 0 Å². The van der Waals surface area contributed by atoms with Gasteiger partial charge in [0.25, 0.3) is 5.91 Å². The van der Waals surface area contributed by atoms with E-state index in [1.807, 2.05) is 55.6 Å². The molecule has 5 heteroatoms. The summed E-state index contributed by atoms with van der Waals surface area (Å²) in [5.41, 5.74) is 2.54. The van der Waals surface area contributed by atoms with Crippen molar-refractivity contribution in [2.45, 2.75) is 13.0 Å². The minimum atomic E-state index is -0.112. The van der Waals surface area contributed by atoms with Crippen molar-refractivity contribution in [2.75, 3.05) is 0 Å². The number of nitrogens with one attached hydrogen (secondary N) is 1. The molecule has 116 valence electrons. The Bertz CT molecular complexity index is 780. The van der Waals surface area contributed by atoms with Gasteiger partial charge in [-0.2, -0.15) is 5.10 Å². The SMILES string of the molecule is C[C@@H](NC(=O)c1ccc(-n2cccn2)cc1)c1ccc(Cl)cc1. The Hall–Kier alpha value is -2.59. The Morgan fingerprint density at radius 2 is 1.83 bits per heavy atom. The van der Waals surface area contributed by atoms with Gasteiger partial charge >= 0.3 is 0 Å². The molecule has 0 aliphatic heterocycles. The van der Waals surface area contributed by atoms with Crippen LogP contribution < -0.4 is 5.32 Å². The average Bonchev–Trinajstić information content (AvgIpc) is 3.10. The molecule has 1 atom stereocenters. The fourth-order valence-corrected chi connectivity index (χ4v) is 2.43. The zero-order valence-corrected chi connectivity index (χ0v) is 13.4. The lowest BCUT2D eigenvalue weighted by Crippen LogP contribution is -2.26. The maximum Gasteiger partial charge on any atom is 0.251 e. The third kappa shape index (κ3) is 3.60. The first-order chi connectivity index (χ1) is 11.1. The molecular weight excluding hydrogens is 310 g/mol. The van der Waals surface area contributed by atoms with Gasteiger partial charge in [-0.1, -0.05) is 23.7 Å². The summed E-state index contributed by atoms with van der Waals surface area (Å²) in [6.45, 7) is 1.94. The third-order valence-corrected chi connectivity index (χ3v) is 3.87. The maximum atomic E-state index is 12.3. The Morgan fingerprint density at radius 1 is 1.13 bits per heavy atom. The number of nitrogens with zero attached hydrogens (tertiary/aromatic N) is 2. The number of carbonyl (C=O) groups is 1. The standard InChI is InChI=1S/C18H16ClN3O/c1-13(14-3-7-16(19)8-4-14)21-18(23)15-5-9-17(10-6-15)22-12-2-11-20-22/h2-13H,1H3,(H,21,23)/t13-/m1/s1. The van der Waals surface area contributed by atoms with Gasteiger partial charge in [0, 0.05) is 23.0 Å². The van der Waals surface area contributed by atoms with Crippen molar-refractivity contribution < 1.29 is 4.79 Å². The van der Waals surface area contributed by atoms with Gasteiger partial charge < -0.3 is 5.32 Å². The summed E-state index contributed by atoms with van der Waals surface area (Å²) in [7, 11) is 0. The highest BCUT2D eigenvalue weighted by molar-refractivity contribution is 6.30. The molecule has 3 aromatic rings. The molecule has 3 rings (SSSR count). The number of hydrogen-bond acceptors (Lipinski definition) is 2. The topological polar surface area (TPSA) is 46.9 Å². The first-order valence-electron chi connectivity index (χ1n) is 7.30. The number of amides is 1. The molecule has 0 spiro atoms. The predicted octanol–water partition coefficient (Wildman–Crippen LogP) is 4.02. The lowest BCUT2D eigenvalue weighted by atomic mass is 10.1. The van der Waals surface area contributed by atoms with Crippen molar-refractivity contribution in [3.63, 3.8) is 0 Å². The van der Waals surface area contributed by atoms with Crippen molar-refractivity contribution in [3.05, 3.63) is 83.1 Å². The van der Waals surface area contributed by atoms with Gasteiger partial charge in [-0.05, 0) is 55.0 Å². The number of aromatic nitrogens is 2. The third-order valence-electron chi connectivity index (χ3n) is 3.62. The number of carbonyl (C=O) groups excluding carboxylic acids is 1. The second-order valence-corrected chi connectivity index (χ2v) is 5.68. The minimum absolute atomic E-state index is 0.0921. The van der Waals surface area contributed by atoms with Crippen molar-refractivity contribution >= 4 is 17.5 Å². The molecule has 0 fully saturated rings. The molecule has 0 saturated carbocycles. The normalized spacial score (nSPS) is 11.9. The fourth-order valence-electron chi connectivity index (χ4n) is 2.30. The van der Waals surface area contributed by atoms with Gasteiger partial charge in [-0.3, -0.25) is 4.79 Å². The minimum Gasteiger partial charge on any atom is -0.346 e. The molecule has 23 heavy (non-hydrogen) atoms. The van der Waals surface area contributed by atoms with Gasteiger partial charge in [0.1, 0.15) is 0 Å². The lowest BCUT2D eigenvalue weighted by Gasteiger charge is -2.14. The highest BCUT2D eigenvalue weighted by Crippen LogP contribution is 2.17. The highest BCUT2D eigenvalue weighted by Gasteiger charge is 2.11. The number of hydrogen-bond donors (Lipinski definition) is 1. The first kappa shape index (κ1) is 15.3. The van der Waals surface area contributed by atoms with E-state index in [4.69, 9.17) is 11.6 Å². The summed E-state index contributed by atoms with van der Waals surface area (Å²) in [6, 6.07) is 16.5. The molecule has 2 aromatic carbocycles. The quantitative estimate of drug-likeness (QED) is 0.787. The van der Waals surface area contributed by atoms with E-state index < -0.39 is 0 Å². The fraction of sp³-hybridized carbons (Fsp3) is 0.111. The van der Waals surface area contributed by atoms with E-state index in [0.29, 0.717) is 10.6 Å². The van der Waals surface area contributed by atoms with Crippen LogP contribution in [0.4, 0.5) is 0 Å². The summed E-state index contributed by atoms with van der Waals surface area (Å²) < 4.78 is 1.75. The van der Waals surface area contributed by atoms with Crippen molar-refractivity contribution in [3.8, 4) is 5.69 Å². The Labute approximate surface area is 139 Å². The van der Waals surface area contributed by atoms with Crippen LogP contribution in [0.5, 0.6) is 0 Å². The summed E-state index contributed by atoms with van der Waals surface area (Å²) in [5.74, 6) is -0.112. The molecule has 1 N–H and O–H groups in total. The van der Waals surface area contributed by atoms with Crippen molar-refractivity contribution in [2.24, 2.45) is 0 Å². The zero-order valence-electron chi connectivity index (χ0n) is 12.6. The molecule has 0 aliphatic rings. The molecular formula is C18H16ClN3O. The van der Waals surface area contributed by atoms with Crippen LogP contribution in [0.1, 0.15) is 28.9 Å². The number of rotatable bonds is 4. The predicted molar refractivity (Wildman–Crippen MR) is 90.9 cm³/mol. The van der Waals surface area contributed by atoms with Crippen LogP contribution in [0, 0.1) is 0 Å². The van der Waals surface area contributed by atoms with Crippen molar-refractivity contribution in [1.82, 2.24) is 15.1 Å². The first-order valence-corrected chi connectivity index (χ1v) is 7.68. The van der Waals surface area contributed by atoms with Gasteiger partial charge in [-0.15, -0.1) is 0 Å². The van der Waals surface area contributed by atoms with E-state index in [1.165, 1.54) is 0 Å². The number of halogens is 1. The summed E-state index contributed by atoms with van der Waals surface area (Å²) in [6.07, 6.45) is 3.58. The van der Waals surface area contributed by atoms with E-state index in [-0.39, 0.29) is 11.9 Å². The van der Waals surface area contributed by atoms with Gasteiger partial charge in [-0.25, -0.2) is 4.68 Å². The Morgan fingerprint density at radius 3 is 2.43 bits per heavy atom. The maximum absolute atomic E-state index is 12.3. The molecule has 1 heterocycles. The van der Waals surface area contributed by atoms with E-state index in [0.717, 1.165) is 11.3 Å². The smallest absolute Gasteiger partial charge is 0.251 e. The molecule has 0 radical (unpaired) electrons. The Kier molecular flexibility index (Phi) is 4.44. The van der Waals surface area contributed by atoms with Gasteiger partial charge in [0.15, 0.2) is 0 Å². The number of benzene rings is 2. The largest absolute Gasteiger partial charge is 0.346 e. The molecule has 1 aromatic heterocycles. The van der Waals surface area contributed by atoms with E-state index in [1.54, 1.807) is 23.0 Å². The second kappa shape index (κ2) is 6.67. The Balaban J connectivity index is 1.69. The molecule has 0 aliphatic carbocycles. The van der Waals surface area contributed by atoms with Gasteiger partial charge in [0.2, 0.25) is 0 Å². The monoisotopic (exact) mass is 325 g/mol. The van der Waals surface area contributed by atoms with Crippen LogP contribution >= 0.6 is 11.6 Å². The van der Waals surface area contributed by atoms with E-state index in [2.05, 4.69) is 10.4 Å². The second-order valence-electron chi connectivity index (χ2n) is 5.24. The molecule has 0 unspecified atom stereocenters. The van der Waals surface area contributed by atoms with Crippen LogP contribution in [0.2, 0.25) is 5.02 Å². The van der Waals surface area contributed by atoms with Gasteiger partial charge in [0.05, 0.1) is 11.7 Å². The van der Waals surface area contributed by atoms with E-state index in [9.17, 15) is 4.79 Å². The summed E-state index contributed by atoms with van der Waals surface area (Å²) >= 11 is 5.88. The van der Waals surface area contributed by atoms with Crippen LogP contribution in [0.3, 0.4) is 0 Å². The van der Waals surface area contributed by atoms with E-state index >= 15 is 0 Å². The molecule has 1 amide bonds. The van der Waals surface area contributed by atoms with Crippen LogP contribution in [-0.2, 0) is 0 Å². The molecule has 4 nitrogen and oxygen atoms in total. The zero-order chi connectivity index (χ0) is 16.2. The van der Waals surface area contributed by atoms with Crippen LogP contribution in [0.25, 0.3) is 5.69 Å². The van der Waals surface area contributed by atoms with Crippen LogP contribution in [-0.4, -0.2) is 15.7 Å². The molecule has 0 bridgehead atoms.